The molecule has 0 saturated carbocycles. The molecular formula is C21H23NO5. The Balaban J connectivity index is 1.93. The highest BCUT2D eigenvalue weighted by Gasteiger charge is 2.20. The van der Waals surface area contributed by atoms with Crippen LogP contribution in [0.15, 0.2) is 35.9 Å². The largest absolute Gasteiger partial charge is 0.495 e. The summed E-state index contributed by atoms with van der Waals surface area (Å²) >= 11 is 0. The van der Waals surface area contributed by atoms with Crippen LogP contribution in [0, 0.1) is 0 Å². The van der Waals surface area contributed by atoms with Crippen molar-refractivity contribution in [3.05, 3.63) is 47.0 Å². The number of Topliss-reactive ketones (excluding diaryl/α,β-unsaturated/α-hetero) is 1. The molecule has 142 valence electrons. The van der Waals surface area contributed by atoms with Crippen LogP contribution in [0.4, 0.5) is 5.69 Å². The summed E-state index contributed by atoms with van der Waals surface area (Å²) in [4.78, 5) is 14.8. The summed E-state index contributed by atoms with van der Waals surface area (Å²) in [7, 11) is 7.01. The van der Waals surface area contributed by atoms with E-state index in [4.69, 9.17) is 18.9 Å². The summed E-state index contributed by atoms with van der Waals surface area (Å²) < 4.78 is 21.6. The van der Waals surface area contributed by atoms with E-state index < -0.39 is 0 Å². The number of hydrogen-bond donors (Lipinski definition) is 0. The molecular weight excluding hydrogens is 346 g/mol. The second-order valence-electron chi connectivity index (χ2n) is 6.39. The van der Waals surface area contributed by atoms with Crippen molar-refractivity contribution in [2.24, 2.45) is 0 Å². The van der Waals surface area contributed by atoms with Crippen LogP contribution in [0.1, 0.15) is 22.8 Å². The average Bonchev–Trinajstić information content (AvgIpc) is 3.14. The van der Waals surface area contributed by atoms with Crippen molar-refractivity contribution in [1.29, 1.82) is 0 Å². The molecule has 0 amide bonds. The van der Waals surface area contributed by atoms with Crippen LogP contribution in [0.2, 0.25) is 0 Å². The highest BCUT2D eigenvalue weighted by molar-refractivity contribution is 6.11. The minimum absolute atomic E-state index is 0.0580. The summed E-state index contributed by atoms with van der Waals surface area (Å²) in [5, 5.41) is 0. The minimum atomic E-state index is -0.0580. The molecule has 0 bridgehead atoms. The molecule has 1 aliphatic heterocycles. The summed E-state index contributed by atoms with van der Waals surface area (Å²) in [5.74, 6) is 2.44. The maximum atomic E-state index is 12.9. The molecule has 0 aromatic heterocycles. The smallest absolute Gasteiger partial charge is 0.231 e. The minimum Gasteiger partial charge on any atom is -0.495 e. The first kappa shape index (κ1) is 18.6. The fraction of sp³-hybridized carbons (Fsp3) is 0.286. The number of anilines is 1. The van der Waals surface area contributed by atoms with Crippen LogP contribution >= 0.6 is 0 Å². The van der Waals surface area contributed by atoms with Crippen LogP contribution in [0.5, 0.6) is 23.0 Å². The van der Waals surface area contributed by atoms with E-state index in [-0.39, 0.29) is 12.6 Å². The van der Waals surface area contributed by atoms with Gasteiger partial charge in [-0.3, -0.25) is 4.79 Å². The molecule has 1 aliphatic rings. The molecule has 1 heterocycles. The SMILES string of the molecule is COc1ccc(C(=O)/C(C)=C/c2cc(OC)c3c(c2)OCO3)cc1N(C)C. The van der Waals surface area contributed by atoms with E-state index in [0.29, 0.717) is 28.4 Å². The zero-order valence-corrected chi connectivity index (χ0v) is 16.2. The van der Waals surface area contributed by atoms with Gasteiger partial charge in [0.1, 0.15) is 5.75 Å². The highest BCUT2D eigenvalue weighted by atomic mass is 16.7. The first-order valence-electron chi connectivity index (χ1n) is 8.50. The van der Waals surface area contributed by atoms with Gasteiger partial charge in [0.15, 0.2) is 17.3 Å². The quantitative estimate of drug-likeness (QED) is 0.570. The molecule has 0 saturated heterocycles. The molecule has 0 atom stereocenters. The van der Waals surface area contributed by atoms with Crippen molar-refractivity contribution < 1.29 is 23.7 Å². The number of rotatable bonds is 6. The fourth-order valence-electron chi connectivity index (χ4n) is 2.96. The normalized spacial score (nSPS) is 12.7. The average molecular weight is 369 g/mol. The van der Waals surface area contributed by atoms with Gasteiger partial charge in [0, 0.05) is 19.7 Å². The molecule has 0 spiro atoms. The Kier molecular flexibility index (Phi) is 5.26. The third kappa shape index (κ3) is 3.69. The van der Waals surface area contributed by atoms with Gasteiger partial charge < -0.3 is 23.8 Å². The van der Waals surface area contributed by atoms with Crippen molar-refractivity contribution in [2.75, 3.05) is 40.0 Å². The van der Waals surface area contributed by atoms with Crippen LogP contribution in [-0.2, 0) is 0 Å². The summed E-state index contributed by atoms with van der Waals surface area (Å²) in [6.45, 7) is 1.95. The Morgan fingerprint density at radius 2 is 1.81 bits per heavy atom. The Hall–Kier alpha value is -3.15. The molecule has 0 N–H and O–H groups in total. The van der Waals surface area contributed by atoms with Gasteiger partial charge in [0.25, 0.3) is 0 Å². The van der Waals surface area contributed by atoms with E-state index >= 15 is 0 Å². The van der Waals surface area contributed by atoms with Crippen molar-refractivity contribution >= 4 is 17.5 Å². The van der Waals surface area contributed by atoms with Gasteiger partial charge in [-0.25, -0.2) is 0 Å². The number of carbonyl (C=O) groups is 1. The Labute approximate surface area is 158 Å². The van der Waals surface area contributed by atoms with E-state index in [1.807, 2.05) is 43.3 Å². The zero-order valence-electron chi connectivity index (χ0n) is 16.2. The number of benzene rings is 2. The van der Waals surface area contributed by atoms with Crippen molar-refractivity contribution in [1.82, 2.24) is 0 Å². The van der Waals surface area contributed by atoms with Crippen LogP contribution in [-0.4, -0.2) is 40.9 Å². The molecule has 2 aromatic carbocycles. The number of fused-ring (bicyclic) bond motifs is 1. The fourth-order valence-corrected chi connectivity index (χ4v) is 2.96. The molecule has 6 heteroatoms. The van der Waals surface area contributed by atoms with Gasteiger partial charge in [-0.05, 0) is 54.5 Å². The molecule has 6 nitrogen and oxygen atoms in total. The monoisotopic (exact) mass is 369 g/mol. The maximum absolute atomic E-state index is 12.9. The Morgan fingerprint density at radius 1 is 1.07 bits per heavy atom. The first-order valence-corrected chi connectivity index (χ1v) is 8.50. The van der Waals surface area contributed by atoms with Crippen LogP contribution in [0.25, 0.3) is 6.08 Å². The first-order chi connectivity index (χ1) is 12.9. The van der Waals surface area contributed by atoms with Crippen LogP contribution < -0.4 is 23.8 Å². The summed E-state index contributed by atoms with van der Waals surface area (Å²) in [6.07, 6.45) is 1.81. The topological polar surface area (TPSA) is 57.2 Å². The zero-order chi connectivity index (χ0) is 19.6. The lowest BCUT2D eigenvalue weighted by molar-refractivity contribution is 0.103. The second-order valence-corrected chi connectivity index (χ2v) is 6.39. The number of methoxy groups -OCH3 is 2. The predicted octanol–water partition coefficient (Wildman–Crippen LogP) is 3.78. The molecule has 2 aromatic rings. The van der Waals surface area contributed by atoms with Gasteiger partial charge in [-0.1, -0.05) is 0 Å². The standard InChI is InChI=1S/C21H23NO5/c1-13(8-14-9-18(25-5)21-19(10-14)26-12-27-21)20(23)15-6-7-17(24-4)16(11-15)22(2)3/h6-11H,12H2,1-5H3/b13-8+. The number of ketones is 1. The number of ether oxygens (including phenoxy) is 4. The van der Waals surface area contributed by atoms with Gasteiger partial charge in [-0.15, -0.1) is 0 Å². The lowest BCUT2D eigenvalue weighted by Crippen LogP contribution is -2.11. The van der Waals surface area contributed by atoms with Gasteiger partial charge >= 0.3 is 0 Å². The summed E-state index contributed by atoms with van der Waals surface area (Å²) in [6, 6.07) is 9.06. The van der Waals surface area contributed by atoms with E-state index in [1.165, 1.54) is 0 Å². The third-order valence-corrected chi connectivity index (χ3v) is 4.34. The second kappa shape index (κ2) is 7.61. The Bertz CT molecular complexity index is 902. The molecule has 0 aliphatic carbocycles. The van der Waals surface area contributed by atoms with Gasteiger partial charge in [-0.2, -0.15) is 0 Å². The molecule has 0 radical (unpaired) electrons. The molecule has 3 rings (SSSR count). The summed E-state index contributed by atoms with van der Waals surface area (Å²) in [5.41, 5.74) is 2.86. The third-order valence-electron chi connectivity index (χ3n) is 4.34. The van der Waals surface area contributed by atoms with Crippen LogP contribution in [0.3, 0.4) is 0 Å². The predicted molar refractivity (Wildman–Crippen MR) is 104 cm³/mol. The Morgan fingerprint density at radius 3 is 2.48 bits per heavy atom. The molecule has 0 unspecified atom stereocenters. The van der Waals surface area contributed by atoms with E-state index in [9.17, 15) is 4.79 Å². The number of carbonyl (C=O) groups excluding carboxylic acids is 1. The van der Waals surface area contributed by atoms with Crippen molar-refractivity contribution in [3.8, 4) is 23.0 Å². The van der Waals surface area contributed by atoms with Crippen molar-refractivity contribution in [3.63, 3.8) is 0 Å². The lowest BCUT2D eigenvalue weighted by Gasteiger charge is -2.17. The molecule has 0 fully saturated rings. The number of hydrogen-bond acceptors (Lipinski definition) is 6. The van der Waals surface area contributed by atoms with E-state index in [1.54, 1.807) is 33.3 Å². The van der Waals surface area contributed by atoms with E-state index in [2.05, 4.69) is 0 Å². The van der Waals surface area contributed by atoms with E-state index in [0.717, 1.165) is 17.0 Å². The molecule has 27 heavy (non-hydrogen) atoms. The number of allylic oxidation sites excluding steroid dienone is 1. The van der Waals surface area contributed by atoms with Crippen molar-refractivity contribution in [2.45, 2.75) is 6.92 Å². The highest BCUT2D eigenvalue weighted by Crippen LogP contribution is 2.42. The van der Waals surface area contributed by atoms with Gasteiger partial charge in [0.2, 0.25) is 12.5 Å². The maximum Gasteiger partial charge on any atom is 0.231 e. The number of nitrogens with zero attached hydrogens (tertiary/aromatic N) is 1. The lowest BCUT2D eigenvalue weighted by atomic mass is 10.0. The van der Waals surface area contributed by atoms with Gasteiger partial charge in [0.05, 0.1) is 19.9 Å².